The summed E-state index contributed by atoms with van der Waals surface area (Å²) < 4.78 is 2.99. The lowest BCUT2D eigenvalue weighted by Gasteiger charge is -2.54. The van der Waals surface area contributed by atoms with Crippen molar-refractivity contribution in [2.24, 2.45) is 23.7 Å². The average Bonchev–Trinajstić information content (AvgIpc) is 2.48. The van der Waals surface area contributed by atoms with Gasteiger partial charge in [-0.15, -0.1) is 0 Å². The van der Waals surface area contributed by atoms with Crippen molar-refractivity contribution in [1.82, 2.24) is 0 Å². The summed E-state index contributed by atoms with van der Waals surface area (Å²) in [7, 11) is 0. The van der Waals surface area contributed by atoms with Crippen molar-refractivity contribution in [2.75, 3.05) is 52.4 Å². The monoisotopic (exact) mass is 546 g/mol. The van der Waals surface area contributed by atoms with Crippen molar-refractivity contribution in [3.05, 3.63) is 0 Å². The van der Waals surface area contributed by atoms with Crippen LogP contribution in [0.3, 0.4) is 0 Å². The molecule has 4 bridgehead atoms. The van der Waals surface area contributed by atoms with Gasteiger partial charge in [-0.1, -0.05) is 13.8 Å². The Morgan fingerprint density at radius 1 is 0.652 bits per heavy atom. The van der Waals surface area contributed by atoms with Crippen LogP contribution < -0.4 is 48.0 Å². The van der Waals surface area contributed by atoms with E-state index < -0.39 is 0 Å². The van der Waals surface area contributed by atoms with Gasteiger partial charge in [-0.05, 0) is 11.8 Å². The summed E-state index contributed by atoms with van der Waals surface area (Å²) in [6.07, 6.45) is 7.61. The number of hydrogen-bond acceptors (Lipinski definition) is 0. The minimum Gasteiger partial charge on any atom is -1.00 e. The van der Waals surface area contributed by atoms with E-state index in [0.29, 0.717) is 0 Å². The summed E-state index contributed by atoms with van der Waals surface area (Å²) in [6, 6.07) is 0. The molecule has 6 rings (SSSR count). The molecule has 0 saturated carbocycles. The minimum atomic E-state index is 0. The van der Waals surface area contributed by atoms with E-state index in [9.17, 15) is 0 Å². The lowest BCUT2D eigenvalue weighted by atomic mass is 9.77. The van der Waals surface area contributed by atoms with Crippen LogP contribution in [0.15, 0.2) is 0 Å². The van der Waals surface area contributed by atoms with Gasteiger partial charge < -0.3 is 56.9 Å². The van der Waals surface area contributed by atoms with Crippen LogP contribution in [-0.4, -0.2) is 61.3 Å². The summed E-state index contributed by atoms with van der Waals surface area (Å²) in [5.74, 6) is 4.17. The van der Waals surface area contributed by atoms with Crippen molar-refractivity contribution >= 4 is 0 Å². The van der Waals surface area contributed by atoms with Gasteiger partial charge in [0.15, 0.2) is 0 Å². The van der Waals surface area contributed by atoms with Crippen molar-refractivity contribution in [3.63, 3.8) is 0 Å². The standard InChI is InChI=1S/C19H36N2.2HI/c1-16-14-20(10-4-18(16)5-11-20)8-3-9-21-12-6-19(7-13-21)17(2)15-21;;/h16-19H,3-15H2,1-2H3;2*1H/q+2;;/p-2. The van der Waals surface area contributed by atoms with Gasteiger partial charge >= 0.3 is 0 Å². The van der Waals surface area contributed by atoms with Gasteiger partial charge in [0.05, 0.1) is 52.4 Å². The van der Waals surface area contributed by atoms with E-state index >= 15 is 0 Å². The molecule has 0 aromatic carbocycles. The van der Waals surface area contributed by atoms with Crippen LogP contribution in [0.5, 0.6) is 0 Å². The molecule has 0 radical (unpaired) electrons. The van der Waals surface area contributed by atoms with Crippen LogP contribution in [0.2, 0.25) is 0 Å². The van der Waals surface area contributed by atoms with Crippen LogP contribution in [0.4, 0.5) is 0 Å². The number of piperidine rings is 6. The maximum Gasteiger partial charge on any atom is 0.0841 e. The van der Waals surface area contributed by atoms with E-state index in [0.717, 1.165) is 23.7 Å². The second-order valence-electron chi connectivity index (χ2n) is 9.37. The Hall–Kier alpha value is 1.38. The molecular weight excluding hydrogens is 510 g/mol. The number of hydrogen-bond donors (Lipinski definition) is 0. The first-order chi connectivity index (χ1) is 10.1. The van der Waals surface area contributed by atoms with Gasteiger partial charge in [-0.25, -0.2) is 0 Å². The molecule has 0 N–H and O–H groups in total. The molecular formula is C19H36I2N2. The highest BCUT2D eigenvalue weighted by atomic mass is 127. The molecule has 2 unspecified atom stereocenters. The topological polar surface area (TPSA) is 0 Å². The zero-order valence-electron chi connectivity index (χ0n) is 15.2. The molecule has 2 nitrogen and oxygen atoms in total. The minimum absolute atomic E-state index is 0. The molecule has 136 valence electrons. The molecule has 6 aliphatic rings. The average molecular weight is 546 g/mol. The lowest BCUT2D eigenvalue weighted by Crippen LogP contribution is -3.00. The van der Waals surface area contributed by atoms with Crippen LogP contribution in [0, 0.1) is 23.7 Å². The molecule has 6 aliphatic heterocycles. The molecule has 23 heavy (non-hydrogen) atoms. The molecule has 6 fully saturated rings. The highest BCUT2D eigenvalue weighted by molar-refractivity contribution is 4.79. The maximum atomic E-state index is 2.52. The van der Waals surface area contributed by atoms with Gasteiger partial charge in [-0.2, -0.15) is 0 Å². The fourth-order valence-electron chi connectivity index (χ4n) is 6.67. The van der Waals surface area contributed by atoms with Gasteiger partial charge in [0, 0.05) is 43.9 Å². The number of halogens is 2. The quantitative estimate of drug-likeness (QED) is 0.263. The third-order valence-electron chi connectivity index (χ3n) is 8.12. The summed E-state index contributed by atoms with van der Waals surface area (Å²) in [4.78, 5) is 0. The second kappa shape index (κ2) is 7.95. The summed E-state index contributed by atoms with van der Waals surface area (Å²) in [5.41, 5.74) is 0. The zero-order valence-corrected chi connectivity index (χ0v) is 19.5. The summed E-state index contributed by atoms with van der Waals surface area (Å²) >= 11 is 0. The Morgan fingerprint density at radius 3 is 1.30 bits per heavy atom. The first-order valence-electron chi connectivity index (χ1n) is 9.80. The van der Waals surface area contributed by atoms with E-state index in [1.54, 1.807) is 0 Å². The van der Waals surface area contributed by atoms with Gasteiger partial charge in [0.2, 0.25) is 0 Å². The molecule has 6 heterocycles. The Kier molecular flexibility index (Phi) is 7.15. The highest BCUT2D eigenvalue weighted by Crippen LogP contribution is 2.39. The third-order valence-corrected chi connectivity index (χ3v) is 8.12. The van der Waals surface area contributed by atoms with Crippen molar-refractivity contribution < 1.29 is 56.9 Å². The maximum absolute atomic E-state index is 2.52. The van der Waals surface area contributed by atoms with E-state index in [1.807, 2.05) is 0 Å². The number of rotatable bonds is 4. The molecule has 0 aliphatic carbocycles. The van der Waals surface area contributed by atoms with Crippen LogP contribution in [0.1, 0.15) is 46.0 Å². The smallest absolute Gasteiger partial charge is 0.0841 e. The molecule has 0 amide bonds. The zero-order chi connectivity index (χ0) is 14.5. The van der Waals surface area contributed by atoms with Crippen molar-refractivity contribution in [2.45, 2.75) is 46.0 Å². The van der Waals surface area contributed by atoms with E-state index in [2.05, 4.69) is 13.8 Å². The molecule has 0 aromatic rings. The van der Waals surface area contributed by atoms with Gasteiger partial charge in [0.25, 0.3) is 0 Å². The van der Waals surface area contributed by atoms with Crippen molar-refractivity contribution in [1.29, 1.82) is 0 Å². The predicted molar refractivity (Wildman–Crippen MR) is 87.8 cm³/mol. The fourth-order valence-corrected chi connectivity index (χ4v) is 6.67. The predicted octanol–water partition coefficient (Wildman–Crippen LogP) is -2.86. The Bertz CT molecular complexity index is 349. The number of nitrogens with zero attached hydrogens (tertiary/aromatic N) is 2. The lowest BCUT2D eigenvalue weighted by molar-refractivity contribution is -0.963. The molecule has 4 heteroatoms. The van der Waals surface area contributed by atoms with E-state index in [-0.39, 0.29) is 48.0 Å². The number of quaternary nitrogens is 2. The van der Waals surface area contributed by atoms with Crippen LogP contribution in [-0.2, 0) is 0 Å². The molecule has 6 saturated heterocycles. The summed E-state index contributed by atoms with van der Waals surface area (Å²) in [5, 5.41) is 0. The molecule has 0 spiro atoms. The van der Waals surface area contributed by atoms with Crippen LogP contribution in [0.25, 0.3) is 0 Å². The first kappa shape index (κ1) is 20.7. The molecule has 2 atom stereocenters. The fraction of sp³-hybridized carbons (Fsp3) is 1.00. The second-order valence-corrected chi connectivity index (χ2v) is 9.37. The highest BCUT2D eigenvalue weighted by Gasteiger charge is 2.46. The number of fused-ring (bicyclic) bond motifs is 6. The SMILES string of the molecule is CC1C[N+]2(CCC[N+]34CCC(CC3)C(C)C4)CCC1CC2.[I-].[I-]. The third kappa shape index (κ3) is 4.05. The van der Waals surface area contributed by atoms with E-state index in [4.69, 9.17) is 0 Å². The molecule has 0 aromatic heterocycles. The largest absolute Gasteiger partial charge is 1.00 e. The van der Waals surface area contributed by atoms with Gasteiger partial charge in [0.1, 0.15) is 0 Å². The summed E-state index contributed by atoms with van der Waals surface area (Å²) in [6.45, 7) is 17.1. The Labute approximate surface area is 178 Å². The van der Waals surface area contributed by atoms with Crippen molar-refractivity contribution in [3.8, 4) is 0 Å². The first-order valence-corrected chi connectivity index (χ1v) is 9.80. The van der Waals surface area contributed by atoms with Crippen LogP contribution >= 0.6 is 0 Å². The van der Waals surface area contributed by atoms with Gasteiger partial charge in [-0.3, -0.25) is 0 Å². The Morgan fingerprint density at radius 2 is 1.00 bits per heavy atom. The Balaban J connectivity index is 0.000000960. The van der Waals surface area contributed by atoms with E-state index in [1.165, 1.54) is 93.4 Å². The normalized spacial score (nSPS) is 47.7.